The van der Waals surface area contributed by atoms with E-state index in [2.05, 4.69) is 31.0 Å². The molecule has 1 atom stereocenters. The summed E-state index contributed by atoms with van der Waals surface area (Å²) in [6, 6.07) is 1.65. The molecule has 0 radical (unpaired) electrons. The Labute approximate surface area is 88.1 Å². The summed E-state index contributed by atoms with van der Waals surface area (Å²) in [6.07, 6.45) is 4.18. The monoisotopic (exact) mass is 196 g/mol. The highest BCUT2D eigenvalue weighted by Gasteiger charge is 2.30. The van der Waals surface area contributed by atoms with Crippen LogP contribution in [0.3, 0.4) is 0 Å². The normalized spacial score (nSPS) is 29.8. The van der Waals surface area contributed by atoms with Gasteiger partial charge in [-0.15, -0.1) is 0 Å². The van der Waals surface area contributed by atoms with E-state index in [1.165, 1.54) is 38.9 Å². The van der Waals surface area contributed by atoms with Gasteiger partial charge in [0.2, 0.25) is 0 Å². The second-order valence-corrected chi connectivity index (χ2v) is 6.22. The van der Waals surface area contributed by atoms with E-state index in [0.717, 1.165) is 12.1 Å². The number of hydrogen-bond donors (Lipinski definition) is 1. The molecule has 2 nitrogen and oxygen atoms in total. The first-order chi connectivity index (χ1) is 6.53. The molecule has 1 saturated carbocycles. The first-order valence-corrected chi connectivity index (χ1v) is 6.01. The van der Waals surface area contributed by atoms with Gasteiger partial charge in [0.15, 0.2) is 0 Å². The lowest BCUT2D eigenvalue weighted by atomic mass is 9.96. The van der Waals surface area contributed by atoms with Crippen LogP contribution in [0.2, 0.25) is 0 Å². The van der Waals surface area contributed by atoms with Gasteiger partial charge in [-0.3, -0.25) is 0 Å². The molecule has 82 valence electrons. The topological polar surface area (TPSA) is 15.3 Å². The molecule has 0 aromatic carbocycles. The molecule has 14 heavy (non-hydrogen) atoms. The second-order valence-electron chi connectivity index (χ2n) is 6.22. The fraction of sp³-hybridized carbons (Fsp3) is 1.00. The quantitative estimate of drug-likeness (QED) is 0.741. The molecule has 1 N–H and O–H groups in total. The molecule has 1 unspecified atom stereocenters. The molecule has 0 bridgehead atoms. The van der Waals surface area contributed by atoms with Crippen molar-refractivity contribution >= 4 is 0 Å². The van der Waals surface area contributed by atoms with Crippen LogP contribution in [0, 0.1) is 5.41 Å². The second kappa shape index (κ2) is 3.82. The van der Waals surface area contributed by atoms with Crippen molar-refractivity contribution in [2.75, 3.05) is 19.6 Å². The number of rotatable bonds is 3. The zero-order valence-electron chi connectivity index (χ0n) is 9.84. The van der Waals surface area contributed by atoms with Gasteiger partial charge in [-0.05, 0) is 31.2 Å². The zero-order valence-corrected chi connectivity index (χ0v) is 9.84. The van der Waals surface area contributed by atoms with E-state index < -0.39 is 0 Å². The third kappa shape index (κ3) is 3.25. The Morgan fingerprint density at radius 2 is 1.86 bits per heavy atom. The minimum absolute atomic E-state index is 0.453. The van der Waals surface area contributed by atoms with E-state index in [9.17, 15) is 0 Å². The Kier molecular flexibility index (Phi) is 2.85. The van der Waals surface area contributed by atoms with Crippen molar-refractivity contribution in [1.29, 1.82) is 0 Å². The number of nitrogens with zero attached hydrogens (tertiary/aromatic N) is 1. The highest BCUT2D eigenvalue weighted by molar-refractivity contribution is 4.90. The summed E-state index contributed by atoms with van der Waals surface area (Å²) < 4.78 is 0. The van der Waals surface area contributed by atoms with Crippen LogP contribution < -0.4 is 5.32 Å². The molecular formula is C12H24N2. The molecular weight excluding hydrogens is 172 g/mol. The van der Waals surface area contributed by atoms with Gasteiger partial charge in [-0.25, -0.2) is 0 Å². The van der Waals surface area contributed by atoms with Crippen LogP contribution in [-0.2, 0) is 0 Å². The van der Waals surface area contributed by atoms with Crippen molar-refractivity contribution in [3.63, 3.8) is 0 Å². The lowest BCUT2D eigenvalue weighted by molar-refractivity contribution is 0.223. The Hall–Kier alpha value is -0.0800. The van der Waals surface area contributed by atoms with Crippen LogP contribution in [0.1, 0.15) is 40.0 Å². The molecule has 1 heterocycles. The highest BCUT2D eigenvalue weighted by Crippen LogP contribution is 2.23. The summed E-state index contributed by atoms with van der Waals surface area (Å²) in [4.78, 5) is 2.61. The van der Waals surface area contributed by atoms with Crippen molar-refractivity contribution in [1.82, 2.24) is 10.2 Å². The van der Waals surface area contributed by atoms with Crippen LogP contribution in [0.4, 0.5) is 0 Å². The minimum Gasteiger partial charge on any atom is -0.310 e. The first-order valence-electron chi connectivity index (χ1n) is 6.01. The lowest BCUT2D eigenvalue weighted by Gasteiger charge is -2.26. The molecule has 1 saturated heterocycles. The van der Waals surface area contributed by atoms with Crippen molar-refractivity contribution in [3.8, 4) is 0 Å². The predicted octanol–water partition coefficient (Wildman–Crippen LogP) is 1.86. The van der Waals surface area contributed by atoms with E-state index in [0.29, 0.717) is 5.41 Å². The van der Waals surface area contributed by atoms with Gasteiger partial charge in [0.1, 0.15) is 0 Å². The summed E-state index contributed by atoms with van der Waals surface area (Å²) in [5.74, 6) is 0. The van der Waals surface area contributed by atoms with Crippen molar-refractivity contribution in [2.24, 2.45) is 5.41 Å². The third-order valence-electron chi connectivity index (χ3n) is 3.02. The fourth-order valence-corrected chi connectivity index (χ4v) is 2.37. The maximum atomic E-state index is 3.73. The molecule has 0 spiro atoms. The van der Waals surface area contributed by atoms with Gasteiger partial charge in [-0.1, -0.05) is 20.8 Å². The lowest BCUT2D eigenvalue weighted by Crippen LogP contribution is -2.36. The molecule has 1 aliphatic heterocycles. The summed E-state index contributed by atoms with van der Waals surface area (Å²) in [5.41, 5.74) is 0.453. The van der Waals surface area contributed by atoms with Crippen LogP contribution in [0.25, 0.3) is 0 Å². The standard InChI is InChI=1S/C12H24N2/c1-12(2,3)9-14-7-6-11(8-14)13-10-4-5-10/h10-11,13H,4-9H2,1-3H3. The summed E-state index contributed by atoms with van der Waals surface area (Å²) in [5, 5.41) is 3.73. The van der Waals surface area contributed by atoms with Crippen molar-refractivity contribution in [3.05, 3.63) is 0 Å². The van der Waals surface area contributed by atoms with E-state index in [-0.39, 0.29) is 0 Å². The van der Waals surface area contributed by atoms with E-state index in [1.54, 1.807) is 0 Å². The Bertz CT molecular complexity index is 191. The van der Waals surface area contributed by atoms with Crippen molar-refractivity contribution in [2.45, 2.75) is 52.1 Å². The van der Waals surface area contributed by atoms with Crippen LogP contribution in [0.5, 0.6) is 0 Å². The maximum Gasteiger partial charge on any atom is 0.0209 e. The molecule has 2 fully saturated rings. The van der Waals surface area contributed by atoms with Gasteiger partial charge in [-0.2, -0.15) is 0 Å². The Morgan fingerprint density at radius 3 is 2.43 bits per heavy atom. The number of nitrogens with one attached hydrogen (secondary N) is 1. The molecule has 2 rings (SSSR count). The van der Waals surface area contributed by atoms with E-state index >= 15 is 0 Å². The summed E-state index contributed by atoms with van der Waals surface area (Å²) in [6.45, 7) is 10.8. The number of hydrogen-bond acceptors (Lipinski definition) is 2. The van der Waals surface area contributed by atoms with Gasteiger partial charge in [0, 0.05) is 25.2 Å². The maximum absolute atomic E-state index is 3.73. The molecule has 0 aromatic heterocycles. The smallest absolute Gasteiger partial charge is 0.0209 e. The van der Waals surface area contributed by atoms with E-state index in [4.69, 9.17) is 0 Å². The van der Waals surface area contributed by atoms with Gasteiger partial charge < -0.3 is 10.2 Å². The first kappa shape index (κ1) is 10.4. The van der Waals surface area contributed by atoms with Crippen LogP contribution in [-0.4, -0.2) is 36.6 Å². The van der Waals surface area contributed by atoms with Gasteiger partial charge in [0.25, 0.3) is 0 Å². The Morgan fingerprint density at radius 1 is 1.14 bits per heavy atom. The van der Waals surface area contributed by atoms with Gasteiger partial charge >= 0.3 is 0 Å². The van der Waals surface area contributed by atoms with Crippen LogP contribution in [0.15, 0.2) is 0 Å². The zero-order chi connectivity index (χ0) is 10.2. The molecule has 2 aliphatic rings. The molecule has 2 heteroatoms. The van der Waals surface area contributed by atoms with Gasteiger partial charge in [0.05, 0.1) is 0 Å². The largest absolute Gasteiger partial charge is 0.310 e. The third-order valence-corrected chi connectivity index (χ3v) is 3.02. The van der Waals surface area contributed by atoms with Crippen molar-refractivity contribution < 1.29 is 0 Å². The SMILES string of the molecule is CC(C)(C)CN1CCC(NC2CC2)C1. The van der Waals surface area contributed by atoms with E-state index in [1.807, 2.05) is 0 Å². The molecule has 1 aliphatic carbocycles. The Balaban J connectivity index is 1.70. The predicted molar refractivity (Wildman–Crippen MR) is 60.5 cm³/mol. The summed E-state index contributed by atoms with van der Waals surface area (Å²) >= 11 is 0. The average Bonchev–Trinajstić information content (AvgIpc) is 2.71. The minimum atomic E-state index is 0.453. The number of likely N-dealkylation sites (tertiary alicyclic amines) is 1. The highest BCUT2D eigenvalue weighted by atomic mass is 15.2. The molecule has 0 aromatic rings. The summed E-state index contributed by atoms with van der Waals surface area (Å²) in [7, 11) is 0. The fourth-order valence-electron chi connectivity index (χ4n) is 2.37. The average molecular weight is 196 g/mol. The van der Waals surface area contributed by atoms with Crippen LogP contribution >= 0.6 is 0 Å². The molecule has 0 amide bonds.